The predicted molar refractivity (Wildman–Crippen MR) is 112 cm³/mol. The molecule has 0 spiro atoms. The van der Waals surface area contributed by atoms with Gasteiger partial charge in [0.25, 0.3) is 0 Å². The van der Waals surface area contributed by atoms with Crippen LogP contribution in [-0.2, 0) is 14.8 Å². The van der Waals surface area contributed by atoms with Crippen molar-refractivity contribution in [1.29, 1.82) is 0 Å². The third-order valence-electron chi connectivity index (χ3n) is 5.47. The lowest BCUT2D eigenvalue weighted by molar-refractivity contribution is -0.144. The summed E-state index contributed by atoms with van der Waals surface area (Å²) in [6, 6.07) is 12.9. The van der Waals surface area contributed by atoms with Crippen LogP contribution in [-0.4, -0.2) is 67.0 Å². The van der Waals surface area contributed by atoms with Gasteiger partial charge in [0.2, 0.25) is 10.0 Å². The number of aliphatic carboxylic acids is 1. The highest BCUT2D eigenvalue weighted by atomic mass is 32.2. The molecule has 1 saturated heterocycles. The standard InChI is InChI=1S/C21H23N3O5S/c1-29-15-7-8-19-17(13-15)18(14-22-19)20(21(25)26)23-9-11-24(12-10-23)30(27,28)16-5-3-2-4-6-16/h2-8,13-14,20,22H,9-12H2,1H3,(H,25,26)/t20-/m0/s1. The van der Waals surface area contributed by atoms with Crippen LogP contribution in [0.4, 0.5) is 0 Å². The quantitative estimate of drug-likeness (QED) is 0.623. The summed E-state index contributed by atoms with van der Waals surface area (Å²) in [5.74, 6) is -0.329. The summed E-state index contributed by atoms with van der Waals surface area (Å²) in [4.78, 5) is 17.3. The monoisotopic (exact) mass is 429 g/mol. The number of carboxylic acid groups (broad SMARTS) is 1. The minimum Gasteiger partial charge on any atom is -0.497 e. The van der Waals surface area contributed by atoms with Gasteiger partial charge in [-0.15, -0.1) is 0 Å². The number of benzene rings is 2. The van der Waals surface area contributed by atoms with Gasteiger partial charge in [0.15, 0.2) is 0 Å². The Labute approximate surface area is 174 Å². The molecule has 0 saturated carbocycles. The maximum atomic E-state index is 12.8. The van der Waals surface area contributed by atoms with Crippen LogP contribution >= 0.6 is 0 Å². The Morgan fingerprint density at radius 3 is 2.43 bits per heavy atom. The van der Waals surface area contributed by atoms with Crippen molar-refractivity contribution in [3.8, 4) is 5.75 Å². The number of rotatable bonds is 6. The van der Waals surface area contributed by atoms with Gasteiger partial charge in [-0.25, -0.2) is 8.42 Å². The molecule has 8 nitrogen and oxygen atoms in total. The third kappa shape index (κ3) is 3.67. The second-order valence-corrected chi connectivity index (χ2v) is 9.09. The van der Waals surface area contributed by atoms with Gasteiger partial charge in [-0.1, -0.05) is 18.2 Å². The molecule has 1 aliphatic rings. The number of ether oxygens (including phenoxy) is 1. The minimum absolute atomic E-state index is 0.229. The maximum Gasteiger partial charge on any atom is 0.325 e. The summed E-state index contributed by atoms with van der Waals surface area (Å²) in [6.45, 7) is 1.10. The average Bonchev–Trinajstić information content (AvgIpc) is 3.17. The second kappa shape index (κ2) is 8.10. The van der Waals surface area contributed by atoms with E-state index in [-0.39, 0.29) is 18.0 Å². The van der Waals surface area contributed by atoms with Crippen molar-refractivity contribution in [2.75, 3.05) is 33.3 Å². The summed E-state index contributed by atoms with van der Waals surface area (Å²) < 4.78 is 32.4. The lowest BCUT2D eigenvalue weighted by atomic mass is 10.0. The van der Waals surface area contributed by atoms with E-state index in [0.717, 1.165) is 10.9 Å². The first-order valence-electron chi connectivity index (χ1n) is 9.59. The molecule has 1 aromatic heterocycles. The van der Waals surface area contributed by atoms with Crippen molar-refractivity contribution < 1.29 is 23.1 Å². The van der Waals surface area contributed by atoms with E-state index in [1.54, 1.807) is 48.5 Å². The number of H-pyrrole nitrogens is 1. The number of carbonyl (C=O) groups is 1. The summed E-state index contributed by atoms with van der Waals surface area (Å²) >= 11 is 0. The van der Waals surface area contributed by atoms with Crippen LogP contribution in [0.1, 0.15) is 11.6 Å². The van der Waals surface area contributed by atoms with Gasteiger partial charge in [0.05, 0.1) is 12.0 Å². The number of carboxylic acids is 1. The number of aromatic nitrogens is 1. The van der Waals surface area contributed by atoms with Crippen LogP contribution < -0.4 is 4.74 Å². The Morgan fingerprint density at radius 1 is 1.10 bits per heavy atom. The normalized spacial score (nSPS) is 17.1. The summed E-state index contributed by atoms with van der Waals surface area (Å²) in [5.41, 5.74) is 1.46. The van der Waals surface area contributed by atoms with Crippen LogP contribution in [0.2, 0.25) is 0 Å². The summed E-state index contributed by atoms with van der Waals surface area (Å²) in [7, 11) is -2.03. The van der Waals surface area contributed by atoms with Crippen molar-refractivity contribution in [3.63, 3.8) is 0 Å². The Bertz CT molecular complexity index is 1150. The molecular weight excluding hydrogens is 406 g/mol. The van der Waals surface area contributed by atoms with Crippen LogP contribution in [0.25, 0.3) is 10.9 Å². The van der Waals surface area contributed by atoms with E-state index in [0.29, 0.717) is 24.4 Å². The molecule has 0 unspecified atom stereocenters. The molecule has 0 radical (unpaired) electrons. The largest absolute Gasteiger partial charge is 0.497 e. The second-order valence-electron chi connectivity index (χ2n) is 7.15. The molecule has 4 rings (SSSR count). The fourth-order valence-corrected chi connectivity index (χ4v) is 5.35. The number of hydrogen-bond donors (Lipinski definition) is 2. The van der Waals surface area contributed by atoms with Gasteiger partial charge < -0.3 is 14.8 Å². The molecule has 2 aromatic carbocycles. The predicted octanol–water partition coefficient (Wildman–Crippen LogP) is 2.31. The first-order valence-corrected chi connectivity index (χ1v) is 11.0. The number of nitrogens with zero attached hydrogens (tertiary/aromatic N) is 2. The fourth-order valence-electron chi connectivity index (χ4n) is 3.90. The van der Waals surface area contributed by atoms with Gasteiger partial charge in [0.1, 0.15) is 11.8 Å². The zero-order valence-electron chi connectivity index (χ0n) is 16.5. The van der Waals surface area contributed by atoms with E-state index in [2.05, 4.69) is 4.98 Å². The SMILES string of the molecule is COc1ccc2[nH]cc([C@@H](C(=O)O)N3CCN(S(=O)(=O)c4ccccc4)CC3)c2c1. The van der Waals surface area contributed by atoms with Crippen LogP contribution in [0.3, 0.4) is 0 Å². The highest BCUT2D eigenvalue weighted by Gasteiger charge is 2.35. The average molecular weight is 429 g/mol. The molecule has 0 bridgehead atoms. The zero-order chi connectivity index (χ0) is 21.3. The molecule has 1 fully saturated rings. The van der Waals surface area contributed by atoms with Crippen molar-refractivity contribution in [2.24, 2.45) is 0 Å². The third-order valence-corrected chi connectivity index (χ3v) is 7.38. The van der Waals surface area contributed by atoms with Crippen molar-refractivity contribution >= 4 is 26.9 Å². The summed E-state index contributed by atoms with van der Waals surface area (Å²) in [5, 5.41) is 10.7. The van der Waals surface area contributed by atoms with Gasteiger partial charge in [-0.2, -0.15) is 4.31 Å². The van der Waals surface area contributed by atoms with Gasteiger partial charge >= 0.3 is 5.97 Å². The topological polar surface area (TPSA) is 103 Å². The molecule has 2 heterocycles. The first-order chi connectivity index (χ1) is 14.4. The Hall–Kier alpha value is -2.88. The van der Waals surface area contributed by atoms with E-state index in [1.165, 1.54) is 4.31 Å². The molecule has 158 valence electrons. The Balaban J connectivity index is 1.57. The van der Waals surface area contributed by atoms with E-state index < -0.39 is 22.0 Å². The number of methoxy groups -OCH3 is 1. The van der Waals surface area contributed by atoms with Crippen molar-refractivity contribution in [2.45, 2.75) is 10.9 Å². The number of nitrogens with one attached hydrogen (secondary N) is 1. The molecule has 0 aliphatic carbocycles. The highest BCUT2D eigenvalue weighted by Crippen LogP contribution is 2.32. The van der Waals surface area contributed by atoms with Crippen LogP contribution in [0.5, 0.6) is 5.75 Å². The number of fused-ring (bicyclic) bond motifs is 1. The molecule has 30 heavy (non-hydrogen) atoms. The Morgan fingerprint density at radius 2 is 1.80 bits per heavy atom. The molecule has 0 amide bonds. The number of sulfonamides is 1. The summed E-state index contributed by atoms with van der Waals surface area (Å²) in [6.07, 6.45) is 1.70. The minimum atomic E-state index is -3.59. The lowest BCUT2D eigenvalue weighted by Crippen LogP contribution is -2.50. The zero-order valence-corrected chi connectivity index (χ0v) is 17.3. The van der Waals surface area contributed by atoms with Gasteiger partial charge in [-0.05, 0) is 30.3 Å². The Kier molecular flexibility index (Phi) is 5.50. The molecule has 3 aromatic rings. The van der Waals surface area contributed by atoms with E-state index in [9.17, 15) is 18.3 Å². The van der Waals surface area contributed by atoms with E-state index in [4.69, 9.17) is 4.74 Å². The maximum absolute atomic E-state index is 12.8. The fraction of sp³-hybridized carbons (Fsp3) is 0.286. The molecule has 1 aliphatic heterocycles. The van der Waals surface area contributed by atoms with Crippen molar-refractivity contribution in [3.05, 3.63) is 60.3 Å². The smallest absolute Gasteiger partial charge is 0.325 e. The first kappa shape index (κ1) is 20.4. The van der Waals surface area contributed by atoms with Crippen molar-refractivity contribution in [1.82, 2.24) is 14.2 Å². The van der Waals surface area contributed by atoms with E-state index >= 15 is 0 Å². The molecule has 2 N–H and O–H groups in total. The molecule has 1 atom stereocenters. The molecular formula is C21H23N3O5S. The van der Waals surface area contributed by atoms with Crippen LogP contribution in [0.15, 0.2) is 59.6 Å². The molecule has 9 heteroatoms. The van der Waals surface area contributed by atoms with Crippen LogP contribution in [0, 0.1) is 0 Å². The van der Waals surface area contributed by atoms with Gasteiger partial charge in [0, 0.05) is 48.8 Å². The number of aromatic amines is 1. The lowest BCUT2D eigenvalue weighted by Gasteiger charge is -2.37. The number of piperazine rings is 1. The van der Waals surface area contributed by atoms with E-state index in [1.807, 2.05) is 18.2 Å². The number of hydrogen-bond acceptors (Lipinski definition) is 5. The van der Waals surface area contributed by atoms with Gasteiger partial charge in [-0.3, -0.25) is 9.69 Å². The highest BCUT2D eigenvalue weighted by molar-refractivity contribution is 7.89.